The Bertz CT molecular complexity index is 1060. The minimum absolute atomic E-state index is 0.391. The van der Waals surface area contributed by atoms with E-state index in [2.05, 4.69) is 17.3 Å². The summed E-state index contributed by atoms with van der Waals surface area (Å²) >= 11 is 0. The molecule has 31 heavy (non-hydrogen) atoms. The van der Waals surface area contributed by atoms with Gasteiger partial charge in [0.2, 0.25) is 6.61 Å². The van der Waals surface area contributed by atoms with Crippen LogP contribution in [-0.2, 0) is 22.8 Å². The van der Waals surface area contributed by atoms with Crippen LogP contribution >= 0.6 is 0 Å². The monoisotopic (exact) mass is 419 g/mol. The van der Waals surface area contributed by atoms with E-state index < -0.39 is 12.6 Å². The molecule has 0 aliphatic rings. The van der Waals surface area contributed by atoms with Gasteiger partial charge < -0.3 is 19.4 Å². The Morgan fingerprint density at radius 2 is 1.55 bits per heavy atom. The van der Waals surface area contributed by atoms with Crippen molar-refractivity contribution in [3.63, 3.8) is 0 Å². The molecule has 1 N–H and O–H groups in total. The van der Waals surface area contributed by atoms with Gasteiger partial charge in [-0.25, -0.2) is 4.79 Å². The average Bonchev–Trinajstić information content (AvgIpc) is 2.74. The van der Waals surface area contributed by atoms with Crippen LogP contribution in [0.25, 0.3) is 0 Å². The van der Waals surface area contributed by atoms with Crippen molar-refractivity contribution in [1.82, 2.24) is 0 Å². The first kappa shape index (κ1) is 21.9. The molecule has 3 rings (SSSR count). The smallest absolute Gasteiger partial charge is 0.344 e. The van der Waals surface area contributed by atoms with Crippen molar-refractivity contribution in [2.75, 3.05) is 6.61 Å². The van der Waals surface area contributed by atoms with Crippen LogP contribution in [0.3, 0.4) is 0 Å². The quantitative estimate of drug-likeness (QED) is 0.374. The molecule has 0 saturated carbocycles. The largest absolute Gasteiger partial charge is 0.489 e. The number of oxime groups is 1. The first-order valence-electron chi connectivity index (χ1n) is 9.87. The Balaban J connectivity index is 1.73. The molecular formula is C25H25NO5. The van der Waals surface area contributed by atoms with E-state index in [1.165, 1.54) is 11.8 Å². The lowest BCUT2D eigenvalue weighted by Gasteiger charge is -2.12. The summed E-state index contributed by atoms with van der Waals surface area (Å²) in [6.45, 7) is 4.37. The van der Waals surface area contributed by atoms with Crippen molar-refractivity contribution in [1.29, 1.82) is 0 Å². The number of ether oxygens (including phenoxy) is 2. The van der Waals surface area contributed by atoms with Gasteiger partial charge in [-0.1, -0.05) is 64.8 Å². The number of carboxylic acids is 1. The molecule has 6 nitrogen and oxygen atoms in total. The number of aliphatic carboxylic acids is 1. The Morgan fingerprint density at radius 1 is 0.903 bits per heavy atom. The average molecular weight is 419 g/mol. The predicted molar refractivity (Wildman–Crippen MR) is 119 cm³/mol. The Kier molecular flexibility index (Phi) is 7.65. The Morgan fingerprint density at radius 3 is 2.16 bits per heavy atom. The molecule has 6 heteroatoms. The highest BCUT2D eigenvalue weighted by molar-refractivity contribution is 5.84. The molecule has 0 saturated heterocycles. The zero-order valence-corrected chi connectivity index (χ0v) is 17.6. The second-order valence-electron chi connectivity index (χ2n) is 7.16. The van der Waals surface area contributed by atoms with Crippen molar-refractivity contribution in [2.24, 2.45) is 5.16 Å². The molecule has 0 heterocycles. The Labute approximate surface area is 181 Å². The highest BCUT2D eigenvalue weighted by atomic mass is 16.6. The maximum Gasteiger partial charge on any atom is 0.344 e. The standard InChI is InChI=1S/C25H25NO5/c1-18-5-3-7-20(11-18)15-29-23-9-10-24(22(13-23)14-26-31-17-25(27)28)30-16-21-8-4-6-19(2)12-21/h3-14H,15-17H2,1-2H3,(H,27,28)/b26-14+. The lowest BCUT2D eigenvalue weighted by atomic mass is 10.1. The predicted octanol–water partition coefficient (Wildman–Crippen LogP) is 4.90. The minimum Gasteiger partial charge on any atom is -0.489 e. The van der Waals surface area contributed by atoms with Gasteiger partial charge in [0.25, 0.3) is 0 Å². The highest BCUT2D eigenvalue weighted by Gasteiger charge is 2.07. The number of benzene rings is 3. The fourth-order valence-corrected chi connectivity index (χ4v) is 2.97. The van der Waals surface area contributed by atoms with Crippen molar-refractivity contribution in [2.45, 2.75) is 27.1 Å². The van der Waals surface area contributed by atoms with Crippen molar-refractivity contribution < 1.29 is 24.2 Å². The molecular weight excluding hydrogens is 394 g/mol. The van der Waals surface area contributed by atoms with Crippen LogP contribution in [0.1, 0.15) is 27.8 Å². The maximum absolute atomic E-state index is 10.6. The van der Waals surface area contributed by atoms with Gasteiger partial charge in [-0.3, -0.25) is 0 Å². The number of carbonyl (C=O) groups is 1. The third kappa shape index (κ3) is 7.19. The van der Waals surface area contributed by atoms with Crippen molar-refractivity contribution in [3.05, 3.63) is 94.5 Å². The van der Waals surface area contributed by atoms with Crippen LogP contribution < -0.4 is 9.47 Å². The SMILES string of the molecule is Cc1cccc(COc2ccc(OCc3cccc(C)c3)c(/C=N/OCC(=O)O)c2)c1. The van der Waals surface area contributed by atoms with Gasteiger partial charge in [-0.05, 0) is 43.2 Å². The first-order valence-corrected chi connectivity index (χ1v) is 9.87. The zero-order valence-electron chi connectivity index (χ0n) is 17.6. The van der Waals surface area contributed by atoms with Crippen LogP contribution in [0.2, 0.25) is 0 Å². The van der Waals surface area contributed by atoms with E-state index in [0.29, 0.717) is 30.3 Å². The van der Waals surface area contributed by atoms with Gasteiger partial charge in [0, 0.05) is 5.56 Å². The summed E-state index contributed by atoms with van der Waals surface area (Å²) in [6.07, 6.45) is 1.42. The summed E-state index contributed by atoms with van der Waals surface area (Å²) in [5.41, 5.74) is 5.07. The number of hydrogen-bond acceptors (Lipinski definition) is 5. The second-order valence-corrected chi connectivity index (χ2v) is 7.16. The molecule has 0 unspecified atom stereocenters. The van der Waals surface area contributed by atoms with Crippen molar-refractivity contribution >= 4 is 12.2 Å². The summed E-state index contributed by atoms with van der Waals surface area (Å²) in [5, 5.41) is 12.4. The van der Waals surface area contributed by atoms with E-state index in [9.17, 15) is 4.79 Å². The molecule has 0 atom stereocenters. The lowest BCUT2D eigenvalue weighted by molar-refractivity contribution is -0.142. The van der Waals surface area contributed by atoms with Gasteiger partial charge in [-0.2, -0.15) is 0 Å². The minimum atomic E-state index is -1.09. The number of nitrogens with zero attached hydrogens (tertiary/aromatic N) is 1. The van der Waals surface area contributed by atoms with E-state index in [0.717, 1.165) is 16.7 Å². The lowest BCUT2D eigenvalue weighted by Crippen LogP contribution is -2.04. The third-order valence-corrected chi connectivity index (χ3v) is 4.40. The summed E-state index contributed by atoms with van der Waals surface area (Å²) in [4.78, 5) is 15.4. The third-order valence-electron chi connectivity index (χ3n) is 4.40. The fourth-order valence-electron chi connectivity index (χ4n) is 2.97. The topological polar surface area (TPSA) is 77.3 Å². The van der Waals surface area contributed by atoms with E-state index in [-0.39, 0.29) is 0 Å². The zero-order chi connectivity index (χ0) is 22.1. The molecule has 0 aliphatic heterocycles. The molecule has 0 aromatic heterocycles. The normalized spacial score (nSPS) is 10.8. The van der Waals surface area contributed by atoms with Crippen LogP contribution in [0.4, 0.5) is 0 Å². The highest BCUT2D eigenvalue weighted by Crippen LogP contribution is 2.25. The second kappa shape index (κ2) is 10.8. The first-order chi connectivity index (χ1) is 15.0. The number of rotatable bonds is 10. The van der Waals surface area contributed by atoms with E-state index in [1.807, 2.05) is 56.3 Å². The number of aryl methyl sites for hydroxylation is 2. The maximum atomic E-state index is 10.6. The Hall–Kier alpha value is -3.80. The van der Waals surface area contributed by atoms with Crippen LogP contribution in [0.5, 0.6) is 11.5 Å². The molecule has 0 radical (unpaired) electrons. The van der Waals surface area contributed by atoms with Crippen LogP contribution in [-0.4, -0.2) is 23.9 Å². The summed E-state index contributed by atoms with van der Waals surface area (Å²) in [5.74, 6) is 0.138. The molecule has 3 aromatic carbocycles. The van der Waals surface area contributed by atoms with Crippen LogP contribution in [0.15, 0.2) is 71.9 Å². The molecule has 0 spiro atoms. The molecule has 0 bridgehead atoms. The molecule has 0 aliphatic carbocycles. The molecule has 3 aromatic rings. The van der Waals surface area contributed by atoms with E-state index in [1.54, 1.807) is 12.1 Å². The number of carboxylic acid groups (broad SMARTS) is 1. The number of hydrogen-bond donors (Lipinski definition) is 1. The van der Waals surface area contributed by atoms with Gasteiger partial charge in [0.05, 0.1) is 6.21 Å². The fraction of sp³-hybridized carbons (Fsp3) is 0.200. The molecule has 160 valence electrons. The molecule has 0 amide bonds. The molecule has 0 fully saturated rings. The van der Waals surface area contributed by atoms with Gasteiger partial charge in [0.15, 0.2) is 0 Å². The van der Waals surface area contributed by atoms with Gasteiger partial charge in [-0.15, -0.1) is 0 Å². The van der Waals surface area contributed by atoms with Gasteiger partial charge in [0.1, 0.15) is 24.7 Å². The van der Waals surface area contributed by atoms with Crippen LogP contribution in [0, 0.1) is 13.8 Å². The summed E-state index contributed by atoms with van der Waals surface area (Å²) in [6, 6.07) is 21.6. The van der Waals surface area contributed by atoms with Crippen molar-refractivity contribution in [3.8, 4) is 11.5 Å². The van der Waals surface area contributed by atoms with Gasteiger partial charge >= 0.3 is 5.97 Å². The van der Waals surface area contributed by atoms with E-state index in [4.69, 9.17) is 19.4 Å². The summed E-state index contributed by atoms with van der Waals surface area (Å²) in [7, 11) is 0. The van der Waals surface area contributed by atoms with E-state index >= 15 is 0 Å². The summed E-state index contributed by atoms with van der Waals surface area (Å²) < 4.78 is 11.9.